The van der Waals surface area contributed by atoms with Gasteiger partial charge in [-0.2, -0.15) is 0 Å². The van der Waals surface area contributed by atoms with Crippen LogP contribution in [0.3, 0.4) is 0 Å². The molecule has 0 fully saturated rings. The van der Waals surface area contributed by atoms with Crippen molar-refractivity contribution in [3.63, 3.8) is 0 Å². The molecule has 0 unspecified atom stereocenters. The van der Waals surface area contributed by atoms with E-state index in [-0.39, 0.29) is 12.2 Å². The van der Waals surface area contributed by atoms with E-state index in [2.05, 4.69) is 33.4 Å². The van der Waals surface area contributed by atoms with Gasteiger partial charge in [-0.3, -0.25) is 0 Å². The molecule has 0 aliphatic heterocycles. The van der Waals surface area contributed by atoms with Gasteiger partial charge in [0.15, 0.2) is 0 Å². The van der Waals surface area contributed by atoms with E-state index in [9.17, 15) is 4.79 Å². The smallest absolute Gasteiger partial charge is 0.330 e. The van der Waals surface area contributed by atoms with Crippen LogP contribution in [0.2, 0.25) is 0 Å². The highest BCUT2D eigenvalue weighted by atomic mass is 16.4. The van der Waals surface area contributed by atoms with E-state index in [1.807, 2.05) is 6.08 Å². The van der Waals surface area contributed by atoms with Crippen LogP contribution in [0.5, 0.6) is 0 Å². The summed E-state index contributed by atoms with van der Waals surface area (Å²) in [5.41, 5.74) is 2.81. The van der Waals surface area contributed by atoms with Gasteiger partial charge in [0.2, 0.25) is 0 Å². The third-order valence-electron chi connectivity index (χ3n) is 1.90. The second kappa shape index (κ2) is 11.1. The van der Waals surface area contributed by atoms with Gasteiger partial charge < -0.3 is 10.2 Å². The highest BCUT2D eigenvalue weighted by molar-refractivity contribution is 5.84. The Labute approximate surface area is 104 Å². The largest absolute Gasteiger partial charge is 0.478 e. The Bertz CT molecular complexity index is 283. The number of aliphatic hydroxyl groups is 1. The van der Waals surface area contributed by atoms with Crippen LogP contribution in [0.1, 0.15) is 40.5 Å². The van der Waals surface area contributed by atoms with Crippen LogP contribution in [-0.2, 0) is 4.79 Å². The first-order valence-corrected chi connectivity index (χ1v) is 5.59. The molecule has 0 amide bonds. The number of aliphatic carboxylic acids is 1. The van der Waals surface area contributed by atoms with Gasteiger partial charge in [0.25, 0.3) is 0 Å². The summed E-state index contributed by atoms with van der Waals surface area (Å²) in [5.74, 6) is -0.935. The van der Waals surface area contributed by atoms with E-state index < -0.39 is 5.97 Å². The van der Waals surface area contributed by atoms with Crippen LogP contribution in [0.4, 0.5) is 0 Å². The lowest BCUT2D eigenvalue weighted by Gasteiger charge is -1.96. The first-order chi connectivity index (χ1) is 7.81. The van der Waals surface area contributed by atoms with E-state index in [4.69, 9.17) is 10.2 Å². The molecule has 17 heavy (non-hydrogen) atoms. The molecule has 0 heterocycles. The monoisotopic (exact) mass is 240 g/mol. The lowest BCUT2D eigenvalue weighted by Crippen LogP contribution is -1.92. The van der Waals surface area contributed by atoms with E-state index in [0.717, 1.165) is 12.8 Å². The van der Waals surface area contributed by atoms with Crippen molar-refractivity contribution < 1.29 is 15.0 Å². The number of carbonyl (C=O) groups is 1. The van der Waals surface area contributed by atoms with Crippen molar-refractivity contribution in [3.8, 4) is 0 Å². The Kier molecular flexibility index (Phi) is 11.8. The fourth-order valence-corrected chi connectivity index (χ4v) is 0.846. The number of carboxylic acids is 1. The molecule has 0 saturated heterocycles. The normalized spacial score (nSPS) is 10.1. The molecule has 3 heteroatoms. The van der Waals surface area contributed by atoms with Gasteiger partial charge in [0.05, 0.1) is 6.61 Å². The zero-order chi connectivity index (χ0) is 13.8. The highest BCUT2D eigenvalue weighted by Gasteiger charge is 1.90. The second-order valence-electron chi connectivity index (χ2n) is 4.14. The molecule has 0 spiro atoms. The fourth-order valence-electron chi connectivity index (χ4n) is 0.846. The number of rotatable bonds is 5. The predicted molar refractivity (Wildman–Crippen MR) is 72.0 cm³/mol. The number of carboxylic acid groups (broad SMARTS) is 1. The molecule has 0 saturated carbocycles. The van der Waals surface area contributed by atoms with E-state index in [0.29, 0.717) is 0 Å². The summed E-state index contributed by atoms with van der Waals surface area (Å²) < 4.78 is 0. The average Bonchev–Trinajstić information content (AvgIpc) is 2.18. The Morgan fingerprint density at radius 1 is 1.18 bits per heavy atom. The van der Waals surface area contributed by atoms with Crippen LogP contribution in [0.15, 0.2) is 35.5 Å². The van der Waals surface area contributed by atoms with E-state index in [1.54, 1.807) is 0 Å². The lowest BCUT2D eigenvalue weighted by molar-refractivity contribution is -0.132. The van der Waals surface area contributed by atoms with Crippen LogP contribution in [0.25, 0.3) is 0 Å². The minimum absolute atomic E-state index is 0.167. The summed E-state index contributed by atoms with van der Waals surface area (Å²) >= 11 is 0. The number of allylic oxidation sites excluding steroid dienone is 3. The van der Waals surface area contributed by atoms with Gasteiger partial charge in [-0.25, -0.2) is 4.79 Å². The minimum atomic E-state index is -0.935. The highest BCUT2D eigenvalue weighted by Crippen LogP contribution is 2.05. The standard InChI is InChI=1S/C10H18O.C4H6O2/c1-9(2)5-4-6-10(3)7-8-11;1-3(2)4(5)6/h5,7,11H,4,6,8H2,1-3H3;1H2,2H3,(H,5,6). The maximum atomic E-state index is 9.60. The SMILES string of the molecule is C=C(C)C(=O)O.CC(C)=CCCC(C)=CCO. The molecule has 0 radical (unpaired) electrons. The Morgan fingerprint density at radius 3 is 1.94 bits per heavy atom. The number of hydrogen-bond acceptors (Lipinski definition) is 2. The predicted octanol–water partition coefficient (Wildman–Crippen LogP) is 3.32. The van der Waals surface area contributed by atoms with Gasteiger partial charge in [0.1, 0.15) is 0 Å². The van der Waals surface area contributed by atoms with Crippen molar-refractivity contribution in [1.82, 2.24) is 0 Å². The molecular formula is C14H24O3. The van der Waals surface area contributed by atoms with Crippen molar-refractivity contribution >= 4 is 5.97 Å². The third kappa shape index (κ3) is 17.3. The first-order valence-electron chi connectivity index (χ1n) is 5.59. The Hall–Kier alpha value is -1.35. The van der Waals surface area contributed by atoms with Crippen molar-refractivity contribution in [2.75, 3.05) is 6.61 Å². The van der Waals surface area contributed by atoms with Crippen molar-refractivity contribution in [2.24, 2.45) is 0 Å². The summed E-state index contributed by atoms with van der Waals surface area (Å²) in [6.45, 7) is 11.0. The van der Waals surface area contributed by atoms with Gasteiger partial charge in [0, 0.05) is 5.57 Å². The molecule has 0 aromatic carbocycles. The molecule has 98 valence electrons. The maximum absolute atomic E-state index is 9.60. The Balaban J connectivity index is 0. The molecule has 0 aromatic rings. The van der Waals surface area contributed by atoms with E-state index in [1.165, 1.54) is 18.1 Å². The topological polar surface area (TPSA) is 57.5 Å². The molecule has 0 atom stereocenters. The first kappa shape index (κ1) is 18.0. The zero-order valence-electron chi connectivity index (χ0n) is 11.3. The molecular weight excluding hydrogens is 216 g/mol. The molecule has 0 aliphatic rings. The fraction of sp³-hybridized carbons (Fsp3) is 0.500. The van der Waals surface area contributed by atoms with Crippen molar-refractivity contribution in [1.29, 1.82) is 0 Å². The van der Waals surface area contributed by atoms with Crippen LogP contribution in [-0.4, -0.2) is 22.8 Å². The number of aliphatic hydroxyl groups excluding tert-OH is 1. The van der Waals surface area contributed by atoms with Gasteiger partial charge in [-0.1, -0.05) is 29.9 Å². The summed E-state index contributed by atoms with van der Waals surface area (Å²) in [6.07, 6.45) is 6.23. The average molecular weight is 240 g/mol. The van der Waals surface area contributed by atoms with Crippen LogP contribution >= 0.6 is 0 Å². The number of hydrogen-bond donors (Lipinski definition) is 2. The molecule has 3 nitrogen and oxygen atoms in total. The zero-order valence-corrected chi connectivity index (χ0v) is 11.3. The minimum Gasteiger partial charge on any atom is -0.478 e. The maximum Gasteiger partial charge on any atom is 0.330 e. The van der Waals surface area contributed by atoms with Gasteiger partial charge >= 0.3 is 5.97 Å². The molecule has 0 bridgehead atoms. The van der Waals surface area contributed by atoms with Crippen molar-refractivity contribution in [2.45, 2.75) is 40.5 Å². The lowest BCUT2D eigenvalue weighted by atomic mass is 10.1. The summed E-state index contributed by atoms with van der Waals surface area (Å²) in [5, 5.41) is 16.4. The van der Waals surface area contributed by atoms with E-state index >= 15 is 0 Å². The van der Waals surface area contributed by atoms with Crippen LogP contribution < -0.4 is 0 Å². The Morgan fingerprint density at radius 2 is 1.65 bits per heavy atom. The van der Waals surface area contributed by atoms with Gasteiger partial charge in [-0.05, 0) is 40.5 Å². The molecule has 0 aliphatic carbocycles. The summed E-state index contributed by atoms with van der Waals surface area (Å²) in [6, 6.07) is 0. The van der Waals surface area contributed by atoms with Crippen LogP contribution in [0, 0.1) is 0 Å². The third-order valence-corrected chi connectivity index (χ3v) is 1.90. The van der Waals surface area contributed by atoms with Gasteiger partial charge in [-0.15, -0.1) is 0 Å². The second-order valence-corrected chi connectivity index (χ2v) is 4.14. The quantitative estimate of drug-likeness (QED) is 0.572. The molecule has 0 aromatic heterocycles. The molecule has 0 rings (SSSR count). The summed E-state index contributed by atoms with van der Waals surface area (Å²) in [4.78, 5) is 9.60. The van der Waals surface area contributed by atoms with Crippen molar-refractivity contribution in [3.05, 3.63) is 35.5 Å². The summed E-state index contributed by atoms with van der Waals surface area (Å²) in [7, 11) is 0. The molecule has 2 N–H and O–H groups in total.